The van der Waals surface area contributed by atoms with E-state index in [0.29, 0.717) is 18.8 Å². The molecule has 3 rings (SSSR count). The van der Waals surface area contributed by atoms with Crippen molar-refractivity contribution in [2.24, 2.45) is 0 Å². The molecule has 2 aromatic carbocycles. The molecule has 1 heterocycles. The molecule has 0 saturated heterocycles. The Morgan fingerprint density at radius 3 is 2.50 bits per heavy atom. The highest BCUT2D eigenvalue weighted by Crippen LogP contribution is 2.23. The number of hydrogen-bond acceptors (Lipinski definition) is 3. The SMILES string of the molecule is CCOC(=O)c1c[nH]c(-c2ccc(OCc3ccccc3)cc2)c1. The molecular formula is C20H19NO3. The Labute approximate surface area is 141 Å². The summed E-state index contributed by atoms with van der Waals surface area (Å²) in [5.41, 5.74) is 3.51. The molecule has 1 N–H and O–H groups in total. The van der Waals surface area contributed by atoms with Gasteiger partial charge in [0.2, 0.25) is 0 Å². The first-order valence-electron chi connectivity index (χ1n) is 7.89. The molecule has 0 aliphatic carbocycles. The van der Waals surface area contributed by atoms with E-state index in [2.05, 4.69) is 4.98 Å². The third kappa shape index (κ3) is 3.84. The van der Waals surface area contributed by atoms with Crippen molar-refractivity contribution in [3.63, 3.8) is 0 Å². The number of H-pyrrole nitrogens is 1. The minimum Gasteiger partial charge on any atom is -0.489 e. The van der Waals surface area contributed by atoms with Gasteiger partial charge in [0.25, 0.3) is 0 Å². The van der Waals surface area contributed by atoms with Crippen LogP contribution in [-0.2, 0) is 11.3 Å². The van der Waals surface area contributed by atoms with E-state index in [0.717, 1.165) is 22.6 Å². The van der Waals surface area contributed by atoms with Crippen LogP contribution >= 0.6 is 0 Å². The molecule has 1 aromatic heterocycles. The average Bonchev–Trinajstić information content (AvgIpc) is 3.12. The zero-order valence-electron chi connectivity index (χ0n) is 13.5. The van der Waals surface area contributed by atoms with Gasteiger partial charge in [0.15, 0.2) is 0 Å². The lowest BCUT2D eigenvalue weighted by Gasteiger charge is -2.07. The van der Waals surface area contributed by atoms with Crippen molar-refractivity contribution < 1.29 is 14.3 Å². The Kier molecular flexibility index (Phi) is 4.96. The van der Waals surface area contributed by atoms with E-state index in [1.165, 1.54) is 0 Å². The number of carbonyl (C=O) groups excluding carboxylic acids is 1. The van der Waals surface area contributed by atoms with Crippen LogP contribution in [-0.4, -0.2) is 17.6 Å². The van der Waals surface area contributed by atoms with E-state index in [1.54, 1.807) is 19.2 Å². The Bertz CT molecular complexity index is 791. The maximum atomic E-state index is 11.7. The Hall–Kier alpha value is -3.01. The number of rotatable bonds is 6. The fourth-order valence-corrected chi connectivity index (χ4v) is 2.36. The molecule has 24 heavy (non-hydrogen) atoms. The lowest BCUT2D eigenvalue weighted by molar-refractivity contribution is 0.0526. The van der Waals surface area contributed by atoms with E-state index in [1.807, 2.05) is 54.6 Å². The third-order valence-corrected chi connectivity index (χ3v) is 3.61. The van der Waals surface area contributed by atoms with Crippen molar-refractivity contribution >= 4 is 5.97 Å². The molecule has 0 spiro atoms. The predicted octanol–water partition coefficient (Wildman–Crippen LogP) is 4.44. The summed E-state index contributed by atoms with van der Waals surface area (Å²) < 4.78 is 10.8. The van der Waals surface area contributed by atoms with Gasteiger partial charge in [-0.3, -0.25) is 0 Å². The highest BCUT2D eigenvalue weighted by Gasteiger charge is 2.10. The second kappa shape index (κ2) is 7.51. The number of nitrogens with one attached hydrogen (secondary N) is 1. The normalized spacial score (nSPS) is 10.4. The highest BCUT2D eigenvalue weighted by atomic mass is 16.5. The summed E-state index contributed by atoms with van der Waals surface area (Å²) >= 11 is 0. The average molecular weight is 321 g/mol. The van der Waals surface area contributed by atoms with Gasteiger partial charge < -0.3 is 14.5 Å². The Morgan fingerprint density at radius 1 is 1.04 bits per heavy atom. The van der Waals surface area contributed by atoms with Crippen LogP contribution in [0.3, 0.4) is 0 Å². The maximum absolute atomic E-state index is 11.7. The first kappa shape index (κ1) is 15.9. The molecule has 0 unspecified atom stereocenters. The summed E-state index contributed by atoms with van der Waals surface area (Å²) in [7, 11) is 0. The van der Waals surface area contributed by atoms with Gasteiger partial charge in [0.05, 0.1) is 12.2 Å². The van der Waals surface area contributed by atoms with Crippen molar-refractivity contribution in [3.05, 3.63) is 78.0 Å². The molecule has 0 atom stereocenters. The number of hydrogen-bond donors (Lipinski definition) is 1. The fraction of sp³-hybridized carbons (Fsp3) is 0.150. The van der Waals surface area contributed by atoms with Crippen LogP contribution in [0.4, 0.5) is 0 Å². The molecule has 0 bridgehead atoms. The lowest BCUT2D eigenvalue weighted by atomic mass is 10.1. The summed E-state index contributed by atoms with van der Waals surface area (Å²) in [6.07, 6.45) is 1.66. The van der Waals surface area contributed by atoms with Crippen LogP contribution in [0.15, 0.2) is 66.9 Å². The lowest BCUT2D eigenvalue weighted by Crippen LogP contribution is -2.02. The van der Waals surface area contributed by atoms with Gasteiger partial charge in [-0.15, -0.1) is 0 Å². The van der Waals surface area contributed by atoms with E-state index in [4.69, 9.17) is 9.47 Å². The van der Waals surface area contributed by atoms with E-state index in [9.17, 15) is 4.79 Å². The van der Waals surface area contributed by atoms with Gasteiger partial charge in [-0.1, -0.05) is 30.3 Å². The highest BCUT2D eigenvalue weighted by molar-refractivity contribution is 5.90. The number of aromatic nitrogens is 1. The van der Waals surface area contributed by atoms with Crippen molar-refractivity contribution in [1.29, 1.82) is 0 Å². The van der Waals surface area contributed by atoms with Crippen molar-refractivity contribution in [2.75, 3.05) is 6.61 Å². The van der Waals surface area contributed by atoms with Gasteiger partial charge in [-0.25, -0.2) is 4.79 Å². The minimum atomic E-state index is -0.317. The summed E-state index contributed by atoms with van der Waals surface area (Å²) in [6, 6.07) is 19.6. The number of carbonyl (C=O) groups is 1. The number of esters is 1. The molecule has 0 radical (unpaired) electrons. The van der Waals surface area contributed by atoms with Gasteiger partial charge in [0, 0.05) is 11.9 Å². The monoisotopic (exact) mass is 321 g/mol. The van der Waals surface area contributed by atoms with E-state index in [-0.39, 0.29) is 5.97 Å². The largest absolute Gasteiger partial charge is 0.489 e. The molecule has 122 valence electrons. The molecule has 0 aliphatic rings. The van der Waals surface area contributed by atoms with Crippen molar-refractivity contribution in [1.82, 2.24) is 4.98 Å². The number of aromatic amines is 1. The molecule has 0 aliphatic heterocycles. The van der Waals surface area contributed by atoms with Crippen molar-refractivity contribution in [3.8, 4) is 17.0 Å². The maximum Gasteiger partial charge on any atom is 0.339 e. The molecule has 3 aromatic rings. The number of benzene rings is 2. The van der Waals surface area contributed by atoms with Crippen LogP contribution in [0, 0.1) is 0 Å². The fourth-order valence-electron chi connectivity index (χ4n) is 2.36. The summed E-state index contributed by atoms with van der Waals surface area (Å²) in [5.74, 6) is 0.489. The molecular weight excluding hydrogens is 302 g/mol. The van der Waals surface area contributed by atoms with Crippen LogP contribution in [0.2, 0.25) is 0 Å². The summed E-state index contributed by atoms with van der Waals surface area (Å²) in [4.78, 5) is 14.8. The first-order valence-corrected chi connectivity index (χ1v) is 7.89. The zero-order chi connectivity index (χ0) is 16.8. The predicted molar refractivity (Wildman–Crippen MR) is 93.0 cm³/mol. The number of ether oxygens (including phenoxy) is 2. The van der Waals surface area contributed by atoms with Gasteiger partial charge >= 0.3 is 5.97 Å². The smallest absolute Gasteiger partial charge is 0.339 e. The molecule has 0 saturated carbocycles. The minimum absolute atomic E-state index is 0.317. The molecule has 4 nitrogen and oxygen atoms in total. The van der Waals surface area contributed by atoms with Gasteiger partial charge in [-0.2, -0.15) is 0 Å². The second-order valence-corrected chi connectivity index (χ2v) is 5.32. The van der Waals surface area contributed by atoms with Gasteiger partial charge in [-0.05, 0) is 48.4 Å². The van der Waals surface area contributed by atoms with E-state index >= 15 is 0 Å². The summed E-state index contributed by atoms with van der Waals surface area (Å²) in [5, 5.41) is 0. The Balaban J connectivity index is 1.65. The van der Waals surface area contributed by atoms with Crippen LogP contribution in [0.1, 0.15) is 22.8 Å². The molecule has 0 amide bonds. The molecule has 0 fully saturated rings. The standard InChI is InChI=1S/C20H19NO3/c1-2-23-20(22)17-12-19(21-13-17)16-8-10-18(11-9-16)24-14-15-6-4-3-5-7-15/h3-13,21H,2,14H2,1H3. The Morgan fingerprint density at radius 2 is 1.79 bits per heavy atom. The molecule has 4 heteroatoms. The van der Waals surface area contributed by atoms with Crippen LogP contribution < -0.4 is 4.74 Å². The van der Waals surface area contributed by atoms with Gasteiger partial charge in [0.1, 0.15) is 12.4 Å². The second-order valence-electron chi connectivity index (χ2n) is 5.32. The third-order valence-electron chi connectivity index (χ3n) is 3.61. The zero-order valence-corrected chi connectivity index (χ0v) is 13.5. The first-order chi connectivity index (χ1) is 11.8. The van der Waals surface area contributed by atoms with Crippen LogP contribution in [0.5, 0.6) is 5.75 Å². The quantitative estimate of drug-likeness (QED) is 0.683. The summed E-state index contributed by atoms with van der Waals surface area (Å²) in [6.45, 7) is 2.70. The van der Waals surface area contributed by atoms with Crippen molar-refractivity contribution in [2.45, 2.75) is 13.5 Å². The van der Waals surface area contributed by atoms with Crippen LogP contribution in [0.25, 0.3) is 11.3 Å². The topological polar surface area (TPSA) is 51.3 Å². The van der Waals surface area contributed by atoms with E-state index < -0.39 is 0 Å².